The maximum absolute atomic E-state index is 13.1. The van der Waals surface area contributed by atoms with E-state index in [2.05, 4.69) is 6.92 Å². The van der Waals surface area contributed by atoms with Gasteiger partial charge in [-0.2, -0.15) is 0 Å². The van der Waals surface area contributed by atoms with E-state index in [0.717, 1.165) is 31.6 Å². The molecule has 18 heavy (non-hydrogen) atoms. The maximum Gasteiger partial charge on any atom is 0.248 e. The van der Waals surface area contributed by atoms with Crippen LogP contribution in [0.4, 0.5) is 8.78 Å². The Morgan fingerprint density at radius 1 is 1.00 bits per heavy atom. The molecule has 0 aromatic carbocycles. The predicted octanol–water partition coefficient (Wildman–Crippen LogP) is 4.60. The van der Waals surface area contributed by atoms with E-state index in [1.54, 1.807) is 0 Å². The van der Waals surface area contributed by atoms with Crippen LogP contribution in [0.2, 0.25) is 0 Å². The number of carbonyl (C=O) groups is 1. The van der Waals surface area contributed by atoms with Gasteiger partial charge in [0.15, 0.2) is 0 Å². The van der Waals surface area contributed by atoms with Crippen molar-refractivity contribution in [3.63, 3.8) is 0 Å². The van der Waals surface area contributed by atoms with Crippen molar-refractivity contribution >= 4 is 5.78 Å². The summed E-state index contributed by atoms with van der Waals surface area (Å²) in [5, 5.41) is 0. The van der Waals surface area contributed by atoms with E-state index in [4.69, 9.17) is 0 Å². The first kappa shape index (κ1) is 14.0. The minimum Gasteiger partial charge on any atom is -0.299 e. The topological polar surface area (TPSA) is 17.1 Å². The Balaban J connectivity index is 1.82. The average molecular weight is 258 g/mol. The van der Waals surface area contributed by atoms with Crippen molar-refractivity contribution in [2.45, 2.75) is 70.6 Å². The van der Waals surface area contributed by atoms with Gasteiger partial charge in [0, 0.05) is 24.7 Å². The van der Waals surface area contributed by atoms with E-state index in [-0.39, 0.29) is 24.7 Å². The first-order valence-electron chi connectivity index (χ1n) is 7.43. The van der Waals surface area contributed by atoms with Gasteiger partial charge in [-0.15, -0.1) is 0 Å². The highest BCUT2D eigenvalue weighted by molar-refractivity contribution is 5.83. The van der Waals surface area contributed by atoms with Crippen molar-refractivity contribution in [3.8, 4) is 0 Å². The van der Waals surface area contributed by atoms with Gasteiger partial charge in [0.2, 0.25) is 5.92 Å². The Kier molecular flexibility index (Phi) is 4.39. The van der Waals surface area contributed by atoms with Gasteiger partial charge >= 0.3 is 0 Å². The Morgan fingerprint density at radius 2 is 1.50 bits per heavy atom. The van der Waals surface area contributed by atoms with Gasteiger partial charge in [0.05, 0.1) is 0 Å². The van der Waals surface area contributed by atoms with E-state index in [9.17, 15) is 13.6 Å². The average Bonchev–Trinajstić information content (AvgIpc) is 2.38. The molecule has 0 spiro atoms. The van der Waals surface area contributed by atoms with Crippen LogP contribution in [0, 0.1) is 17.8 Å². The van der Waals surface area contributed by atoms with Crippen LogP contribution >= 0.6 is 0 Å². The summed E-state index contributed by atoms with van der Waals surface area (Å²) < 4.78 is 26.1. The summed E-state index contributed by atoms with van der Waals surface area (Å²) in [7, 11) is 0. The van der Waals surface area contributed by atoms with Crippen LogP contribution in [0.5, 0.6) is 0 Å². The summed E-state index contributed by atoms with van der Waals surface area (Å²) in [6.07, 6.45) is 6.11. The van der Waals surface area contributed by atoms with Crippen LogP contribution in [0.1, 0.15) is 64.7 Å². The first-order valence-corrected chi connectivity index (χ1v) is 7.43. The molecule has 0 amide bonds. The fraction of sp³-hybridized carbons (Fsp3) is 0.933. The van der Waals surface area contributed by atoms with E-state index < -0.39 is 5.92 Å². The fourth-order valence-electron chi connectivity index (χ4n) is 3.51. The van der Waals surface area contributed by atoms with Gasteiger partial charge < -0.3 is 0 Å². The third-order valence-corrected chi connectivity index (χ3v) is 4.95. The highest BCUT2D eigenvalue weighted by Gasteiger charge is 2.39. The quantitative estimate of drug-likeness (QED) is 0.723. The molecule has 0 N–H and O–H groups in total. The molecule has 2 aliphatic rings. The molecule has 1 nitrogen and oxygen atoms in total. The van der Waals surface area contributed by atoms with Gasteiger partial charge in [-0.3, -0.25) is 4.79 Å². The Hall–Kier alpha value is -0.470. The van der Waals surface area contributed by atoms with Crippen molar-refractivity contribution in [2.24, 2.45) is 17.8 Å². The van der Waals surface area contributed by atoms with Gasteiger partial charge in [-0.05, 0) is 44.4 Å². The molecule has 104 valence electrons. The SMILES string of the molecule is CCC1CCC(C(=O)C2CCC(F)(F)CC2)CC1. The highest BCUT2D eigenvalue weighted by Crippen LogP contribution is 2.40. The Bertz CT molecular complexity index is 283. The number of rotatable bonds is 3. The monoisotopic (exact) mass is 258 g/mol. The third-order valence-electron chi connectivity index (χ3n) is 4.95. The lowest BCUT2D eigenvalue weighted by Crippen LogP contribution is -2.33. The van der Waals surface area contributed by atoms with Gasteiger partial charge in [-0.1, -0.05) is 13.3 Å². The van der Waals surface area contributed by atoms with Crippen LogP contribution in [0.25, 0.3) is 0 Å². The summed E-state index contributed by atoms with van der Waals surface area (Å²) in [5.41, 5.74) is 0. The van der Waals surface area contributed by atoms with E-state index in [1.165, 1.54) is 6.42 Å². The smallest absolute Gasteiger partial charge is 0.248 e. The Labute approximate surface area is 108 Å². The molecule has 2 aliphatic carbocycles. The fourth-order valence-corrected chi connectivity index (χ4v) is 3.51. The zero-order chi connectivity index (χ0) is 13.2. The lowest BCUT2D eigenvalue weighted by Gasteiger charge is -2.32. The van der Waals surface area contributed by atoms with Crippen LogP contribution in [-0.4, -0.2) is 11.7 Å². The lowest BCUT2D eigenvalue weighted by molar-refractivity contribution is -0.132. The standard InChI is InChI=1S/C15H24F2O/c1-2-11-3-5-12(6-4-11)14(18)13-7-9-15(16,17)10-8-13/h11-13H,2-10H2,1H3. The molecule has 0 heterocycles. The van der Waals surface area contributed by atoms with Crippen molar-refractivity contribution < 1.29 is 13.6 Å². The molecular formula is C15H24F2O. The minimum atomic E-state index is -2.52. The van der Waals surface area contributed by atoms with Gasteiger partial charge in [0.1, 0.15) is 5.78 Å². The second-order valence-electron chi connectivity index (χ2n) is 6.16. The minimum absolute atomic E-state index is 0.0761. The lowest BCUT2D eigenvalue weighted by atomic mass is 9.73. The van der Waals surface area contributed by atoms with Crippen LogP contribution < -0.4 is 0 Å². The largest absolute Gasteiger partial charge is 0.299 e. The summed E-state index contributed by atoms with van der Waals surface area (Å²) in [4.78, 5) is 12.3. The molecule has 0 aliphatic heterocycles. The van der Waals surface area contributed by atoms with E-state index in [1.807, 2.05) is 0 Å². The van der Waals surface area contributed by atoms with Gasteiger partial charge in [-0.25, -0.2) is 8.78 Å². The third kappa shape index (κ3) is 3.30. The zero-order valence-electron chi connectivity index (χ0n) is 11.3. The number of hydrogen-bond donors (Lipinski definition) is 0. The molecule has 0 saturated heterocycles. The van der Waals surface area contributed by atoms with Crippen molar-refractivity contribution in [2.75, 3.05) is 0 Å². The zero-order valence-corrected chi connectivity index (χ0v) is 11.3. The predicted molar refractivity (Wildman–Crippen MR) is 67.7 cm³/mol. The summed E-state index contributed by atoms with van der Waals surface area (Å²) in [6.45, 7) is 2.20. The molecule has 2 fully saturated rings. The number of ketones is 1. The van der Waals surface area contributed by atoms with Crippen LogP contribution in [0.15, 0.2) is 0 Å². The number of halogens is 2. The molecule has 2 saturated carbocycles. The molecule has 0 radical (unpaired) electrons. The molecule has 3 heteroatoms. The van der Waals surface area contributed by atoms with Crippen LogP contribution in [-0.2, 0) is 4.79 Å². The molecule has 0 unspecified atom stereocenters. The maximum atomic E-state index is 13.1. The summed E-state index contributed by atoms with van der Waals surface area (Å²) in [5.74, 6) is -1.35. The molecule has 0 bridgehead atoms. The molecule has 2 rings (SSSR count). The second kappa shape index (κ2) is 5.66. The van der Waals surface area contributed by atoms with Gasteiger partial charge in [0.25, 0.3) is 0 Å². The van der Waals surface area contributed by atoms with Crippen molar-refractivity contribution in [1.82, 2.24) is 0 Å². The molecule has 0 atom stereocenters. The number of carbonyl (C=O) groups excluding carboxylic acids is 1. The number of hydrogen-bond acceptors (Lipinski definition) is 1. The molecule has 0 aromatic rings. The molecule has 0 aromatic heterocycles. The van der Waals surface area contributed by atoms with E-state index >= 15 is 0 Å². The number of Topliss-reactive ketones (excluding diaryl/α,β-unsaturated/α-hetero) is 1. The van der Waals surface area contributed by atoms with Crippen molar-refractivity contribution in [3.05, 3.63) is 0 Å². The molecular weight excluding hydrogens is 234 g/mol. The normalized spacial score (nSPS) is 33.3. The summed E-state index contributed by atoms with van der Waals surface area (Å²) >= 11 is 0. The summed E-state index contributed by atoms with van der Waals surface area (Å²) in [6, 6.07) is 0. The highest BCUT2D eigenvalue weighted by atomic mass is 19.3. The van der Waals surface area contributed by atoms with Crippen LogP contribution in [0.3, 0.4) is 0 Å². The second-order valence-corrected chi connectivity index (χ2v) is 6.16. The van der Waals surface area contributed by atoms with Crippen molar-refractivity contribution in [1.29, 1.82) is 0 Å². The van der Waals surface area contributed by atoms with E-state index in [0.29, 0.717) is 18.6 Å². The first-order chi connectivity index (χ1) is 8.52. The number of alkyl halides is 2. The Morgan fingerprint density at radius 3 is 2.00 bits per heavy atom.